The van der Waals surface area contributed by atoms with Gasteiger partial charge in [0.25, 0.3) is 0 Å². The van der Waals surface area contributed by atoms with Crippen LogP contribution in [-0.2, 0) is 23.8 Å². The van der Waals surface area contributed by atoms with Gasteiger partial charge in [-0.3, -0.25) is 9.48 Å². The van der Waals surface area contributed by atoms with Crippen LogP contribution in [-0.4, -0.2) is 36.9 Å². The number of carbonyl (C=O) groups is 1. The van der Waals surface area contributed by atoms with Crippen molar-refractivity contribution in [2.45, 2.75) is 51.5 Å². The lowest BCUT2D eigenvalue weighted by atomic mass is 9.66. The van der Waals surface area contributed by atoms with E-state index in [0.29, 0.717) is 40.6 Å². The minimum absolute atomic E-state index is 0.243. The monoisotopic (exact) mass is 485 g/mol. The molecule has 3 aromatic rings. The Morgan fingerprint density at radius 3 is 2.75 bits per heavy atom. The normalized spacial score (nSPS) is 15.9. The maximum absolute atomic E-state index is 11.3. The summed E-state index contributed by atoms with van der Waals surface area (Å²) in [5.41, 5.74) is 2.28. The number of allylic oxidation sites excluding steroid dienone is 2. The fraction of sp³-hybridized carbons (Fsp3) is 0.360. The van der Waals surface area contributed by atoms with E-state index in [-0.39, 0.29) is 16.9 Å². The number of amides is 1. The highest BCUT2D eigenvalue weighted by Crippen LogP contribution is 2.50. The zero-order valence-electron chi connectivity index (χ0n) is 20.5. The van der Waals surface area contributed by atoms with Crippen LogP contribution in [0.3, 0.4) is 0 Å². The largest absolute Gasteiger partial charge is 0.460 e. The maximum Gasteiger partial charge on any atom is 0.222 e. The van der Waals surface area contributed by atoms with Crippen LogP contribution in [0.2, 0.25) is 0 Å². The Morgan fingerprint density at radius 2 is 2.08 bits per heavy atom. The summed E-state index contributed by atoms with van der Waals surface area (Å²) in [5.74, 6) is 2.37. The van der Waals surface area contributed by atoms with E-state index in [2.05, 4.69) is 49.1 Å². The van der Waals surface area contributed by atoms with Crippen LogP contribution in [0.4, 0.5) is 23.4 Å². The summed E-state index contributed by atoms with van der Waals surface area (Å²) in [5, 5.41) is 20.6. The Hall–Kier alpha value is -4.46. The molecule has 0 unspecified atom stereocenters. The third-order valence-corrected chi connectivity index (χ3v) is 6.91. The molecule has 1 spiro atoms. The molecule has 0 bridgehead atoms. The fourth-order valence-electron chi connectivity index (χ4n) is 4.98. The van der Waals surface area contributed by atoms with E-state index >= 15 is 0 Å². The van der Waals surface area contributed by atoms with E-state index in [4.69, 9.17) is 9.84 Å². The fourth-order valence-corrected chi connectivity index (χ4v) is 4.98. The SMILES string of the molecule is C=Nc1nc(Nc2cc3n(n2)CCC32CCC2)n(C)c1/C(C#N)=C(\C)Oc1ccnc(NC(C)=O)c1. The molecule has 4 heterocycles. The first kappa shape index (κ1) is 23.3. The number of aromatic nitrogens is 5. The van der Waals surface area contributed by atoms with Crippen molar-refractivity contribution in [3.05, 3.63) is 41.5 Å². The second-order valence-corrected chi connectivity index (χ2v) is 9.17. The topological polar surface area (TPSA) is 135 Å². The molecule has 0 aromatic carbocycles. The van der Waals surface area contributed by atoms with Gasteiger partial charge in [0.1, 0.15) is 34.7 Å². The molecule has 36 heavy (non-hydrogen) atoms. The van der Waals surface area contributed by atoms with Crippen molar-refractivity contribution in [3.63, 3.8) is 0 Å². The molecule has 11 nitrogen and oxygen atoms in total. The molecule has 0 radical (unpaired) electrons. The van der Waals surface area contributed by atoms with E-state index in [1.807, 2.05) is 0 Å². The molecular formula is C25H27N9O2. The lowest BCUT2D eigenvalue weighted by molar-refractivity contribution is -0.114. The first-order valence-corrected chi connectivity index (χ1v) is 11.8. The van der Waals surface area contributed by atoms with E-state index in [0.717, 1.165) is 13.0 Å². The third kappa shape index (κ3) is 4.00. The first-order valence-electron chi connectivity index (χ1n) is 11.8. The summed E-state index contributed by atoms with van der Waals surface area (Å²) >= 11 is 0. The van der Waals surface area contributed by atoms with Crippen LogP contribution in [0.15, 0.2) is 35.1 Å². The zero-order valence-corrected chi connectivity index (χ0v) is 20.5. The van der Waals surface area contributed by atoms with Crippen molar-refractivity contribution < 1.29 is 9.53 Å². The highest BCUT2D eigenvalue weighted by molar-refractivity contribution is 5.87. The van der Waals surface area contributed by atoms with E-state index < -0.39 is 0 Å². The van der Waals surface area contributed by atoms with Gasteiger partial charge in [0.05, 0.1) is 0 Å². The van der Waals surface area contributed by atoms with Gasteiger partial charge in [-0.2, -0.15) is 15.3 Å². The number of pyridine rings is 1. The summed E-state index contributed by atoms with van der Waals surface area (Å²) < 4.78 is 9.76. The van der Waals surface area contributed by atoms with Crippen LogP contribution < -0.4 is 15.4 Å². The summed E-state index contributed by atoms with van der Waals surface area (Å²) in [7, 11) is 1.79. The highest BCUT2D eigenvalue weighted by atomic mass is 16.5. The van der Waals surface area contributed by atoms with E-state index in [1.54, 1.807) is 30.7 Å². The zero-order chi connectivity index (χ0) is 25.4. The average molecular weight is 486 g/mol. The number of aryl methyl sites for hydroxylation is 1. The number of hydrogen-bond donors (Lipinski definition) is 2. The molecule has 3 aromatic heterocycles. The minimum atomic E-state index is -0.243. The molecular weight excluding hydrogens is 458 g/mol. The molecule has 184 valence electrons. The van der Waals surface area contributed by atoms with Crippen molar-refractivity contribution in [1.82, 2.24) is 24.3 Å². The molecule has 0 atom stereocenters. The Kier molecular flexibility index (Phi) is 5.80. The van der Waals surface area contributed by atoms with Gasteiger partial charge in [0.15, 0.2) is 11.6 Å². The predicted molar refractivity (Wildman–Crippen MR) is 135 cm³/mol. The molecule has 2 N–H and O–H groups in total. The van der Waals surface area contributed by atoms with E-state index in [1.165, 1.54) is 38.1 Å². The Labute approximate surface area is 208 Å². The van der Waals surface area contributed by atoms with Gasteiger partial charge < -0.3 is 19.9 Å². The van der Waals surface area contributed by atoms with Crippen molar-refractivity contribution in [2.24, 2.45) is 12.0 Å². The number of nitriles is 1. The number of hydrogen-bond acceptors (Lipinski definition) is 8. The Morgan fingerprint density at radius 1 is 1.28 bits per heavy atom. The van der Waals surface area contributed by atoms with Crippen molar-refractivity contribution in [1.29, 1.82) is 5.26 Å². The highest BCUT2D eigenvalue weighted by Gasteiger charge is 2.45. The summed E-state index contributed by atoms with van der Waals surface area (Å²) in [6.07, 6.45) is 6.37. The average Bonchev–Trinajstić information content (AvgIpc) is 3.46. The smallest absolute Gasteiger partial charge is 0.222 e. The standard InChI is InChI=1S/C25H27N9O2/c1-15(36-17-6-10-28-20(12-17)29-16(2)35)18(14-26)22-23(27-3)31-24(33(22)4)30-21-13-19-25(7-5-8-25)9-11-34(19)32-21/h6,10,12-13H,3,5,7-9,11H2,1-2,4H3,(H,28,29,35)(H,30,31,32)/b18-15+. The number of aliphatic imine (C=N–C) groups is 1. The lowest BCUT2D eigenvalue weighted by Crippen LogP contribution is -2.31. The first-order chi connectivity index (χ1) is 17.3. The molecule has 5 rings (SSSR count). The van der Waals surface area contributed by atoms with Crippen LogP contribution in [0, 0.1) is 11.3 Å². The van der Waals surface area contributed by atoms with Gasteiger partial charge in [0.2, 0.25) is 11.9 Å². The molecule has 1 amide bonds. The third-order valence-electron chi connectivity index (χ3n) is 6.91. The summed E-state index contributed by atoms with van der Waals surface area (Å²) in [6.45, 7) is 7.65. The van der Waals surface area contributed by atoms with Gasteiger partial charge in [-0.15, -0.1) is 0 Å². The lowest BCUT2D eigenvalue weighted by Gasteiger charge is -2.37. The van der Waals surface area contributed by atoms with Crippen LogP contribution in [0.5, 0.6) is 5.75 Å². The summed E-state index contributed by atoms with van der Waals surface area (Å²) in [6, 6.07) is 7.53. The Balaban J connectivity index is 1.44. The van der Waals surface area contributed by atoms with Gasteiger partial charge in [-0.25, -0.2) is 9.98 Å². The number of imidazole rings is 1. The number of fused-ring (bicyclic) bond motifs is 2. The number of anilines is 3. The molecule has 1 aliphatic carbocycles. The molecule has 1 saturated carbocycles. The van der Waals surface area contributed by atoms with Crippen LogP contribution >= 0.6 is 0 Å². The van der Waals surface area contributed by atoms with Crippen LogP contribution in [0.25, 0.3) is 5.57 Å². The number of carbonyl (C=O) groups excluding carboxylic acids is 1. The summed E-state index contributed by atoms with van der Waals surface area (Å²) in [4.78, 5) is 24.0. The van der Waals surface area contributed by atoms with Crippen LogP contribution in [0.1, 0.15) is 50.9 Å². The number of nitrogens with one attached hydrogen (secondary N) is 2. The quantitative estimate of drug-likeness (QED) is 0.291. The maximum atomic E-state index is 11.3. The Bertz CT molecular complexity index is 1440. The minimum Gasteiger partial charge on any atom is -0.460 e. The van der Waals surface area contributed by atoms with Crippen molar-refractivity contribution in [3.8, 4) is 11.8 Å². The number of ether oxygens (including phenoxy) is 1. The second-order valence-electron chi connectivity index (χ2n) is 9.17. The second kappa shape index (κ2) is 8.96. The molecule has 11 heteroatoms. The van der Waals surface area contributed by atoms with Crippen molar-refractivity contribution in [2.75, 3.05) is 10.6 Å². The molecule has 0 saturated heterocycles. The predicted octanol–water partition coefficient (Wildman–Crippen LogP) is 4.20. The number of rotatable bonds is 7. The van der Waals surface area contributed by atoms with Gasteiger partial charge in [-0.1, -0.05) is 6.42 Å². The van der Waals surface area contributed by atoms with E-state index in [9.17, 15) is 10.1 Å². The van der Waals surface area contributed by atoms with Gasteiger partial charge in [0, 0.05) is 50.0 Å². The molecule has 2 aliphatic rings. The van der Waals surface area contributed by atoms with Gasteiger partial charge >= 0.3 is 0 Å². The number of nitrogens with zero attached hydrogens (tertiary/aromatic N) is 7. The van der Waals surface area contributed by atoms with Gasteiger partial charge in [-0.05, 0) is 39.0 Å². The van der Waals surface area contributed by atoms with Crippen molar-refractivity contribution >= 4 is 41.6 Å². The molecule has 1 fully saturated rings. The molecule has 1 aliphatic heterocycles.